The molecule has 0 aromatic carbocycles. The first-order chi connectivity index (χ1) is 11.7. The number of pyridine rings is 1. The number of likely N-dealkylation sites (tertiary alicyclic amines) is 1. The third kappa shape index (κ3) is 3.06. The summed E-state index contributed by atoms with van der Waals surface area (Å²) in [6.07, 6.45) is 6.98. The molecule has 7 heteroatoms. The maximum atomic E-state index is 10.3. The van der Waals surface area contributed by atoms with Crippen molar-refractivity contribution in [2.45, 2.75) is 50.8 Å². The highest BCUT2D eigenvalue weighted by Gasteiger charge is 2.39. The molecule has 2 aliphatic rings. The second kappa shape index (κ2) is 6.78. The highest BCUT2D eigenvalue weighted by Crippen LogP contribution is 2.36. The highest BCUT2D eigenvalue weighted by atomic mass is 35.5. The molecule has 1 saturated carbocycles. The average Bonchev–Trinajstić information content (AvgIpc) is 3.06. The molecule has 1 N–H and O–H groups in total. The maximum absolute atomic E-state index is 10.3. The second-order valence-electron chi connectivity index (χ2n) is 6.70. The van der Waals surface area contributed by atoms with Crippen LogP contribution in [0, 0.1) is 5.92 Å². The van der Waals surface area contributed by atoms with E-state index in [9.17, 15) is 5.11 Å². The molecule has 6 nitrogen and oxygen atoms in total. The van der Waals surface area contributed by atoms with Gasteiger partial charge in [0, 0.05) is 24.7 Å². The fourth-order valence-corrected chi connectivity index (χ4v) is 4.28. The van der Waals surface area contributed by atoms with Crippen LogP contribution in [0.15, 0.2) is 22.9 Å². The lowest BCUT2D eigenvalue weighted by atomic mass is 9.76. The van der Waals surface area contributed by atoms with Gasteiger partial charge in [-0.2, -0.15) is 4.98 Å². The van der Waals surface area contributed by atoms with Crippen molar-refractivity contribution < 1.29 is 9.63 Å². The van der Waals surface area contributed by atoms with Crippen molar-refractivity contribution in [3.63, 3.8) is 0 Å². The first-order valence-electron chi connectivity index (χ1n) is 8.58. The Hall–Kier alpha value is -1.50. The molecule has 0 amide bonds. The molecule has 24 heavy (non-hydrogen) atoms. The van der Waals surface area contributed by atoms with Crippen LogP contribution in [0.1, 0.15) is 38.0 Å². The molecule has 3 atom stereocenters. The molecule has 128 valence electrons. The zero-order valence-corrected chi connectivity index (χ0v) is 14.2. The molecule has 1 saturated heterocycles. The van der Waals surface area contributed by atoms with Crippen molar-refractivity contribution in [1.29, 1.82) is 0 Å². The summed E-state index contributed by atoms with van der Waals surface area (Å²) in [5.41, 5.74) is 0.679. The van der Waals surface area contributed by atoms with E-state index in [1.165, 1.54) is 12.8 Å². The molecule has 2 aromatic heterocycles. The van der Waals surface area contributed by atoms with Crippen molar-refractivity contribution in [3.05, 3.63) is 29.4 Å². The van der Waals surface area contributed by atoms with Crippen molar-refractivity contribution in [2.24, 2.45) is 5.92 Å². The number of aromatic nitrogens is 3. The molecule has 0 radical (unpaired) electrons. The normalized spacial score (nSPS) is 27.8. The largest absolute Gasteiger partial charge is 0.393 e. The number of piperidine rings is 1. The van der Waals surface area contributed by atoms with Gasteiger partial charge in [-0.05, 0) is 31.4 Å². The standard InChI is InChI=1S/C17H21ClN4O2/c18-16-12(5-3-8-19-16)17-20-15(24-21-17)10-22-9-7-14(23)11-4-1-2-6-13(11)22/h3,5,8,11,13-14,23H,1-2,4,6-7,9-10H2/t11-,13-,14-/m0/s1. The summed E-state index contributed by atoms with van der Waals surface area (Å²) in [5.74, 6) is 1.44. The average molecular weight is 349 g/mol. The molecule has 4 rings (SSSR count). The molecular weight excluding hydrogens is 328 g/mol. The summed E-state index contributed by atoms with van der Waals surface area (Å²) >= 11 is 6.10. The van der Waals surface area contributed by atoms with E-state index in [1.54, 1.807) is 12.3 Å². The van der Waals surface area contributed by atoms with Crippen LogP contribution in [-0.2, 0) is 6.54 Å². The van der Waals surface area contributed by atoms with Crippen molar-refractivity contribution in [3.8, 4) is 11.4 Å². The molecular formula is C17H21ClN4O2. The molecule has 0 bridgehead atoms. The molecule has 2 aromatic rings. The monoisotopic (exact) mass is 348 g/mol. The van der Waals surface area contributed by atoms with E-state index in [0.717, 1.165) is 25.8 Å². The number of nitrogens with zero attached hydrogens (tertiary/aromatic N) is 4. The van der Waals surface area contributed by atoms with Crippen LogP contribution in [0.4, 0.5) is 0 Å². The lowest BCUT2D eigenvalue weighted by Crippen LogP contribution is -2.52. The summed E-state index contributed by atoms with van der Waals surface area (Å²) < 4.78 is 5.43. The predicted octanol–water partition coefficient (Wildman–Crippen LogP) is 2.91. The van der Waals surface area contributed by atoms with E-state index >= 15 is 0 Å². The summed E-state index contributed by atoms with van der Waals surface area (Å²) in [4.78, 5) is 10.9. The van der Waals surface area contributed by atoms with Crippen molar-refractivity contribution >= 4 is 11.6 Å². The first kappa shape index (κ1) is 16.0. The van der Waals surface area contributed by atoms with Gasteiger partial charge >= 0.3 is 0 Å². The number of aliphatic hydroxyl groups excluding tert-OH is 1. The van der Waals surface area contributed by atoms with Gasteiger partial charge in [0.1, 0.15) is 5.15 Å². The van der Waals surface area contributed by atoms with Gasteiger partial charge in [0.25, 0.3) is 0 Å². The van der Waals surface area contributed by atoms with Crippen LogP contribution < -0.4 is 0 Å². The van der Waals surface area contributed by atoms with E-state index in [0.29, 0.717) is 40.9 Å². The maximum Gasteiger partial charge on any atom is 0.241 e. The van der Waals surface area contributed by atoms with Crippen LogP contribution >= 0.6 is 11.6 Å². The Balaban J connectivity index is 1.50. The van der Waals surface area contributed by atoms with E-state index < -0.39 is 0 Å². The second-order valence-corrected chi connectivity index (χ2v) is 7.05. The smallest absolute Gasteiger partial charge is 0.241 e. The quantitative estimate of drug-likeness (QED) is 0.859. The SMILES string of the molecule is O[C@H]1CCN(Cc2nc(-c3cccnc3Cl)no2)[C@H]2CCCC[C@H]12. The van der Waals surface area contributed by atoms with Crippen LogP contribution in [0.5, 0.6) is 0 Å². The predicted molar refractivity (Wildman–Crippen MR) is 89.3 cm³/mol. The van der Waals surface area contributed by atoms with Crippen LogP contribution in [0.2, 0.25) is 5.15 Å². The van der Waals surface area contributed by atoms with E-state index in [-0.39, 0.29) is 6.10 Å². The number of hydrogen-bond donors (Lipinski definition) is 1. The van der Waals surface area contributed by atoms with Gasteiger partial charge in [-0.15, -0.1) is 0 Å². The van der Waals surface area contributed by atoms with E-state index in [1.807, 2.05) is 6.07 Å². The van der Waals surface area contributed by atoms with Gasteiger partial charge in [-0.3, -0.25) is 4.90 Å². The Morgan fingerprint density at radius 1 is 1.29 bits per heavy atom. The lowest BCUT2D eigenvalue weighted by Gasteiger charge is -2.46. The minimum atomic E-state index is -0.168. The number of halogens is 1. The van der Waals surface area contributed by atoms with Gasteiger partial charge in [-0.25, -0.2) is 4.98 Å². The first-order valence-corrected chi connectivity index (χ1v) is 8.96. The Bertz CT molecular complexity index is 707. The minimum absolute atomic E-state index is 0.168. The van der Waals surface area contributed by atoms with Crippen molar-refractivity contribution in [1.82, 2.24) is 20.0 Å². The lowest BCUT2D eigenvalue weighted by molar-refractivity contribution is -0.0425. The molecule has 0 spiro atoms. The van der Waals surface area contributed by atoms with Crippen molar-refractivity contribution in [2.75, 3.05) is 6.54 Å². The number of aliphatic hydroxyl groups is 1. The topological polar surface area (TPSA) is 75.3 Å². The molecule has 2 fully saturated rings. The number of rotatable bonds is 3. The van der Waals surface area contributed by atoms with E-state index in [2.05, 4.69) is 20.0 Å². The third-order valence-electron chi connectivity index (χ3n) is 5.26. The minimum Gasteiger partial charge on any atom is -0.393 e. The Morgan fingerprint density at radius 3 is 3.04 bits per heavy atom. The summed E-state index contributed by atoms with van der Waals surface area (Å²) in [6.45, 7) is 1.49. The Kier molecular flexibility index (Phi) is 4.52. The zero-order valence-electron chi connectivity index (χ0n) is 13.4. The third-order valence-corrected chi connectivity index (χ3v) is 5.56. The van der Waals surface area contributed by atoms with Gasteiger partial charge in [0.2, 0.25) is 11.7 Å². The van der Waals surface area contributed by atoms with Gasteiger partial charge in [-0.1, -0.05) is 29.6 Å². The molecule has 0 unspecified atom stereocenters. The van der Waals surface area contributed by atoms with Crippen LogP contribution in [-0.4, -0.2) is 43.8 Å². The molecule has 1 aliphatic carbocycles. The summed E-state index contributed by atoms with van der Waals surface area (Å²) in [5, 5.41) is 14.7. The highest BCUT2D eigenvalue weighted by molar-refractivity contribution is 6.31. The zero-order chi connectivity index (χ0) is 16.5. The van der Waals surface area contributed by atoms with Crippen LogP contribution in [0.3, 0.4) is 0 Å². The van der Waals surface area contributed by atoms with Gasteiger partial charge in [0.15, 0.2) is 0 Å². The Morgan fingerprint density at radius 2 is 2.17 bits per heavy atom. The molecule has 3 heterocycles. The number of fused-ring (bicyclic) bond motifs is 1. The van der Waals surface area contributed by atoms with E-state index in [4.69, 9.17) is 16.1 Å². The van der Waals surface area contributed by atoms with Crippen LogP contribution in [0.25, 0.3) is 11.4 Å². The fraction of sp³-hybridized carbons (Fsp3) is 0.588. The Labute approximate surface area is 145 Å². The number of hydrogen-bond acceptors (Lipinski definition) is 6. The van der Waals surface area contributed by atoms with Gasteiger partial charge < -0.3 is 9.63 Å². The molecule has 1 aliphatic heterocycles. The van der Waals surface area contributed by atoms with Gasteiger partial charge in [0.05, 0.1) is 18.2 Å². The fourth-order valence-electron chi connectivity index (χ4n) is 4.07. The summed E-state index contributed by atoms with van der Waals surface area (Å²) in [6, 6.07) is 4.05. The summed E-state index contributed by atoms with van der Waals surface area (Å²) in [7, 11) is 0.